The molecule has 0 saturated carbocycles. The number of ether oxygens (including phenoxy) is 1. The molecule has 0 bridgehead atoms. The second-order valence-corrected chi connectivity index (χ2v) is 3.37. The zero-order chi connectivity index (χ0) is 10.0. The van der Waals surface area contributed by atoms with Crippen LogP contribution in [0.3, 0.4) is 0 Å². The van der Waals surface area contributed by atoms with Crippen molar-refractivity contribution in [3.8, 4) is 5.75 Å². The van der Waals surface area contributed by atoms with E-state index in [1.807, 2.05) is 26.0 Å². The Kier molecular flexibility index (Phi) is 2.98. The zero-order valence-electron chi connectivity index (χ0n) is 7.92. The Balaban J connectivity index is 3.38. The van der Waals surface area contributed by atoms with Gasteiger partial charge in [-0.2, -0.15) is 0 Å². The Bertz CT molecular complexity index is 345. The van der Waals surface area contributed by atoms with E-state index in [1.165, 1.54) is 0 Å². The van der Waals surface area contributed by atoms with Crippen LogP contribution in [-0.2, 0) is 0 Å². The van der Waals surface area contributed by atoms with Gasteiger partial charge >= 0.3 is 0 Å². The topological polar surface area (TPSA) is 26.3 Å². The molecule has 0 radical (unpaired) electrons. The van der Waals surface area contributed by atoms with Crippen LogP contribution in [0.25, 0.3) is 0 Å². The van der Waals surface area contributed by atoms with Crippen LogP contribution in [0.5, 0.6) is 5.75 Å². The number of hydrogen-bond acceptors (Lipinski definition) is 2. The summed E-state index contributed by atoms with van der Waals surface area (Å²) in [5.74, 6) is 0.595. The largest absolute Gasteiger partial charge is 0.496 e. The first-order chi connectivity index (χ1) is 6.06. The molecule has 0 amide bonds. The first kappa shape index (κ1) is 10.1. The van der Waals surface area contributed by atoms with E-state index in [1.54, 1.807) is 7.11 Å². The molecule has 0 N–H and O–H groups in total. The molecule has 70 valence electrons. The van der Waals surface area contributed by atoms with Crippen LogP contribution in [0.2, 0.25) is 0 Å². The smallest absolute Gasteiger partial charge is 0.220 e. The van der Waals surface area contributed by atoms with Crippen LogP contribution >= 0.6 is 12.6 Å². The van der Waals surface area contributed by atoms with E-state index in [2.05, 4.69) is 12.6 Å². The molecule has 3 heteroatoms. The minimum absolute atomic E-state index is 0.255. The summed E-state index contributed by atoms with van der Waals surface area (Å²) in [6.45, 7) is 3.83. The maximum absolute atomic E-state index is 11.1. The number of rotatable bonds is 2. The summed E-state index contributed by atoms with van der Waals surface area (Å²) >= 11 is 3.80. The summed E-state index contributed by atoms with van der Waals surface area (Å²) in [6.07, 6.45) is 0. The molecule has 0 atom stereocenters. The van der Waals surface area contributed by atoms with Gasteiger partial charge in [-0.1, -0.05) is 6.07 Å². The summed E-state index contributed by atoms with van der Waals surface area (Å²) in [7, 11) is 1.55. The second-order valence-electron chi connectivity index (χ2n) is 2.96. The number of hydrogen-bond donors (Lipinski definition) is 1. The molecule has 2 nitrogen and oxygen atoms in total. The maximum Gasteiger partial charge on any atom is 0.220 e. The molecule has 1 aromatic rings. The Morgan fingerprint density at radius 1 is 1.38 bits per heavy atom. The van der Waals surface area contributed by atoms with E-state index < -0.39 is 0 Å². The van der Waals surface area contributed by atoms with Gasteiger partial charge in [-0.05, 0) is 31.0 Å². The predicted molar refractivity (Wildman–Crippen MR) is 55.8 cm³/mol. The minimum atomic E-state index is -0.255. The first-order valence-corrected chi connectivity index (χ1v) is 4.39. The van der Waals surface area contributed by atoms with E-state index in [9.17, 15) is 4.79 Å². The molecular weight excluding hydrogens is 184 g/mol. The lowest BCUT2D eigenvalue weighted by molar-refractivity contribution is 0.108. The van der Waals surface area contributed by atoms with Crippen LogP contribution in [-0.4, -0.2) is 12.2 Å². The average molecular weight is 196 g/mol. The average Bonchev–Trinajstić information content (AvgIpc) is 2.01. The molecule has 0 aromatic heterocycles. The highest BCUT2D eigenvalue weighted by Crippen LogP contribution is 2.25. The Labute approximate surface area is 83.3 Å². The molecular formula is C10H12O2S. The third kappa shape index (κ3) is 2.04. The predicted octanol–water partition coefficient (Wildman–Crippen LogP) is 2.38. The number of carbonyl (C=O) groups is 1. The van der Waals surface area contributed by atoms with Gasteiger partial charge in [0.2, 0.25) is 5.12 Å². The SMILES string of the molecule is COc1cc(C)cc(C)c1C(=O)S. The third-order valence-electron chi connectivity index (χ3n) is 1.88. The molecule has 0 aliphatic heterocycles. The Morgan fingerprint density at radius 3 is 2.46 bits per heavy atom. The lowest BCUT2D eigenvalue weighted by Crippen LogP contribution is -1.99. The summed E-state index contributed by atoms with van der Waals surface area (Å²) in [5, 5.41) is -0.255. The monoisotopic (exact) mass is 196 g/mol. The fourth-order valence-corrected chi connectivity index (χ4v) is 1.65. The van der Waals surface area contributed by atoms with Crippen LogP contribution in [0, 0.1) is 13.8 Å². The summed E-state index contributed by atoms with van der Waals surface area (Å²) in [6, 6.07) is 3.77. The van der Waals surface area contributed by atoms with E-state index in [0.29, 0.717) is 11.3 Å². The molecule has 0 saturated heterocycles. The molecule has 13 heavy (non-hydrogen) atoms. The molecule has 0 heterocycles. The van der Waals surface area contributed by atoms with Crippen molar-refractivity contribution in [2.45, 2.75) is 13.8 Å². The number of methoxy groups -OCH3 is 1. The van der Waals surface area contributed by atoms with Crippen molar-refractivity contribution in [2.24, 2.45) is 0 Å². The Morgan fingerprint density at radius 2 is 2.00 bits per heavy atom. The third-order valence-corrected chi connectivity index (χ3v) is 2.10. The van der Waals surface area contributed by atoms with Gasteiger partial charge in [-0.3, -0.25) is 4.79 Å². The van der Waals surface area contributed by atoms with Crippen molar-refractivity contribution >= 4 is 17.7 Å². The van der Waals surface area contributed by atoms with Gasteiger partial charge in [0.1, 0.15) is 5.75 Å². The first-order valence-electron chi connectivity index (χ1n) is 3.94. The van der Waals surface area contributed by atoms with Crippen LogP contribution < -0.4 is 4.74 Å². The number of benzene rings is 1. The lowest BCUT2D eigenvalue weighted by Gasteiger charge is -2.09. The standard InChI is InChI=1S/C10H12O2S/c1-6-4-7(2)9(10(11)13)8(5-6)12-3/h4-5H,1-3H3,(H,11,13). The van der Waals surface area contributed by atoms with Crippen molar-refractivity contribution < 1.29 is 9.53 Å². The minimum Gasteiger partial charge on any atom is -0.496 e. The molecule has 1 rings (SSSR count). The van der Waals surface area contributed by atoms with Crippen LogP contribution in [0.15, 0.2) is 12.1 Å². The van der Waals surface area contributed by atoms with Gasteiger partial charge in [-0.15, -0.1) is 12.6 Å². The quantitative estimate of drug-likeness (QED) is 0.735. The van der Waals surface area contributed by atoms with Crippen LogP contribution in [0.4, 0.5) is 0 Å². The van der Waals surface area contributed by atoms with Gasteiger partial charge in [0.15, 0.2) is 0 Å². The number of thiol groups is 1. The number of aryl methyl sites for hydroxylation is 2. The van der Waals surface area contributed by atoms with E-state index in [-0.39, 0.29) is 5.12 Å². The summed E-state index contributed by atoms with van der Waals surface area (Å²) in [4.78, 5) is 11.1. The highest BCUT2D eigenvalue weighted by molar-refractivity contribution is 7.97. The zero-order valence-corrected chi connectivity index (χ0v) is 8.81. The van der Waals surface area contributed by atoms with Crippen LogP contribution in [0.1, 0.15) is 21.5 Å². The molecule has 0 unspecified atom stereocenters. The van der Waals surface area contributed by atoms with Gasteiger partial charge in [-0.25, -0.2) is 0 Å². The molecule has 0 aliphatic rings. The lowest BCUT2D eigenvalue weighted by atomic mass is 10.1. The van der Waals surface area contributed by atoms with E-state index >= 15 is 0 Å². The van der Waals surface area contributed by atoms with Gasteiger partial charge in [0.05, 0.1) is 12.7 Å². The fourth-order valence-electron chi connectivity index (χ4n) is 1.36. The molecule has 0 fully saturated rings. The van der Waals surface area contributed by atoms with E-state index in [0.717, 1.165) is 11.1 Å². The molecule has 0 aliphatic carbocycles. The second kappa shape index (κ2) is 3.83. The van der Waals surface area contributed by atoms with Gasteiger partial charge in [0.25, 0.3) is 0 Å². The van der Waals surface area contributed by atoms with Crippen molar-refractivity contribution in [1.29, 1.82) is 0 Å². The van der Waals surface area contributed by atoms with Gasteiger partial charge < -0.3 is 4.74 Å². The normalized spacial score (nSPS) is 9.85. The highest BCUT2D eigenvalue weighted by Gasteiger charge is 2.12. The molecule has 0 spiro atoms. The Hall–Kier alpha value is -0.960. The molecule has 1 aromatic carbocycles. The fraction of sp³-hybridized carbons (Fsp3) is 0.300. The number of carbonyl (C=O) groups excluding carboxylic acids is 1. The van der Waals surface area contributed by atoms with Gasteiger partial charge in [0, 0.05) is 0 Å². The van der Waals surface area contributed by atoms with Crippen molar-refractivity contribution in [2.75, 3.05) is 7.11 Å². The van der Waals surface area contributed by atoms with Crippen molar-refractivity contribution in [3.05, 3.63) is 28.8 Å². The highest BCUT2D eigenvalue weighted by atomic mass is 32.1. The van der Waals surface area contributed by atoms with Crippen molar-refractivity contribution in [1.82, 2.24) is 0 Å². The summed E-state index contributed by atoms with van der Waals surface area (Å²) in [5.41, 5.74) is 2.53. The van der Waals surface area contributed by atoms with E-state index in [4.69, 9.17) is 4.74 Å². The van der Waals surface area contributed by atoms with Crippen molar-refractivity contribution in [3.63, 3.8) is 0 Å². The maximum atomic E-state index is 11.1. The summed E-state index contributed by atoms with van der Waals surface area (Å²) < 4.78 is 5.10.